The highest BCUT2D eigenvalue weighted by Gasteiger charge is 2.20. The van der Waals surface area contributed by atoms with E-state index in [4.69, 9.17) is 19.9 Å². The van der Waals surface area contributed by atoms with Gasteiger partial charge in [-0.15, -0.1) is 0 Å². The lowest BCUT2D eigenvalue weighted by molar-refractivity contribution is 0.0236. The summed E-state index contributed by atoms with van der Waals surface area (Å²) in [6.07, 6.45) is 3.01. The van der Waals surface area contributed by atoms with Crippen molar-refractivity contribution in [3.8, 4) is 23.3 Å². The van der Waals surface area contributed by atoms with Gasteiger partial charge in [-0.05, 0) is 25.5 Å². The van der Waals surface area contributed by atoms with Crippen LogP contribution in [0.25, 0.3) is 10.9 Å². The third kappa shape index (κ3) is 3.50. The van der Waals surface area contributed by atoms with Crippen molar-refractivity contribution in [3.05, 3.63) is 35.7 Å². The zero-order valence-corrected chi connectivity index (χ0v) is 15.8. The van der Waals surface area contributed by atoms with E-state index in [1.165, 1.54) is 6.33 Å². The number of pyridine rings is 1. The number of aromatic nitrogens is 3. The van der Waals surface area contributed by atoms with Gasteiger partial charge in [0.05, 0.1) is 18.7 Å². The largest absolute Gasteiger partial charge is 0.508 e. The molecular weight excluding hydrogens is 360 g/mol. The molecule has 3 aromatic rings. The Kier molecular flexibility index (Phi) is 4.87. The average molecular weight is 382 g/mol. The van der Waals surface area contributed by atoms with Crippen LogP contribution in [0, 0.1) is 13.8 Å². The van der Waals surface area contributed by atoms with Gasteiger partial charge in [-0.25, -0.2) is 9.97 Å². The highest BCUT2D eigenvalue weighted by molar-refractivity contribution is 5.93. The van der Waals surface area contributed by atoms with Crippen LogP contribution in [0.2, 0.25) is 0 Å². The molecule has 0 unspecified atom stereocenters. The first-order valence-electron chi connectivity index (χ1n) is 9.15. The number of fused-ring (bicyclic) bond motifs is 1. The van der Waals surface area contributed by atoms with E-state index in [9.17, 15) is 5.11 Å². The van der Waals surface area contributed by atoms with Gasteiger partial charge in [0, 0.05) is 24.5 Å². The number of hydrogen-bond donors (Lipinski definition) is 2. The summed E-state index contributed by atoms with van der Waals surface area (Å²) in [7, 11) is 0. The van der Waals surface area contributed by atoms with Crippen LogP contribution < -0.4 is 15.2 Å². The number of phenolic OH excluding ortho intramolecular Hbond substituents is 1. The number of rotatable bonds is 4. The fourth-order valence-electron chi connectivity index (χ4n) is 3.22. The second kappa shape index (κ2) is 7.47. The first-order chi connectivity index (χ1) is 13.5. The number of phenols is 1. The predicted molar refractivity (Wildman–Crippen MR) is 104 cm³/mol. The summed E-state index contributed by atoms with van der Waals surface area (Å²) in [5, 5.41) is 10.6. The van der Waals surface area contributed by atoms with Gasteiger partial charge in [0.15, 0.2) is 0 Å². The monoisotopic (exact) mass is 382 g/mol. The lowest BCUT2D eigenvalue weighted by atomic mass is 10.1. The molecule has 8 heteroatoms. The number of nitrogen functional groups attached to an aromatic ring is 1. The van der Waals surface area contributed by atoms with E-state index in [1.807, 2.05) is 6.92 Å². The molecule has 1 saturated heterocycles. The highest BCUT2D eigenvalue weighted by atomic mass is 16.5. The minimum Gasteiger partial charge on any atom is -0.508 e. The molecule has 4 rings (SSSR count). The van der Waals surface area contributed by atoms with Crippen molar-refractivity contribution in [2.45, 2.75) is 32.8 Å². The number of hydrogen-bond acceptors (Lipinski definition) is 8. The van der Waals surface area contributed by atoms with Gasteiger partial charge in [0.25, 0.3) is 0 Å². The zero-order chi connectivity index (χ0) is 19.7. The van der Waals surface area contributed by atoms with Crippen LogP contribution in [-0.4, -0.2) is 39.4 Å². The van der Waals surface area contributed by atoms with Crippen LogP contribution in [0.15, 0.2) is 24.5 Å². The number of nitrogens with zero attached hydrogens (tertiary/aromatic N) is 3. The normalized spacial score (nSPS) is 14.9. The molecule has 1 aromatic carbocycles. The molecule has 28 heavy (non-hydrogen) atoms. The summed E-state index contributed by atoms with van der Waals surface area (Å²) in [5.74, 6) is 1.57. The van der Waals surface area contributed by atoms with Gasteiger partial charge in [-0.3, -0.25) is 0 Å². The lowest BCUT2D eigenvalue weighted by Crippen LogP contribution is -2.26. The number of nitrogens with two attached hydrogens (primary N) is 1. The Morgan fingerprint density at radius 1 is 1.18 bits per heavy atom. The number of anilines is 1. The van der Waals surface area contributed by atoms with Crippen molar-refractivity contribution < 1.29 is 19.3 Å². The third-order valence-electron chi connectivity index (χ3n) is 4.82. The van der Waals surface area contributed by atoms with E-state index < -0.39 is 0 Å². The minimum atomic E-state index is 0.0231. The molecule has 1 aliphatic rings. The minimum absolute atomic E-state index is 0.0231. The number of ether oxygens (including phenoxy) is 3. The molecule has 2 aromatic heterocycles. The van der Waals surface area contributed by atoms with Crippen molar-refractivity contribution in [3.63, 3.8) is 0 Å². The SMILES string of the molecule is Cc1ccc(O)c(C)c1Oc1nc(OC2CCOCC2)cc2ncnc(N)c12. The van der Waals surface area contributed by atoms with Gasteiger partial charge in [0.2, 0.25) is 11.8 Å². The molecule has 0 spiro atoms. The van der Waals surface area contributed by atoms with Crippen LogP contribution >= 0.6 is 0 Å². The highest BCUT2D eigenvalue weighted by Crippen LogP contribution is 2.38. The Balaban J connectivity index is 1.78. The molecule has 0 aliphatic carbocycles. The van der Waals surface area contributed by atoms with Gasteiger partial charge in [0.1, 0.15) is 35.1 Å². The molecule has 0 bridgehead atoms. The van der Waals surface area contributed by atoms with Crippen LogP contribution in [0.5, 0.6) is 23.3 Å². The molecule has 8 nitrogen and oxygen atoms in total. The molecule has 0 amide bonds. The molecule has 3 N–H and O–H groups in total. The lowest BCUT2D eigenvalue weighted by Gasteiger charge is -2.23. The van der Waals surface area contributed by atoms with Crippen LogP contribution in [0.3, 0.4) is 0 Å². The van der Waals surface area contributed by atoms with Crippen molar-refractivity contribution in [2.75, 3.05) is 18.9 Å². The van der Waals surface area contributed by atoms with Crippen molar-refractivity contribution >= 4 is 16.7 Å². The molecule has 1 aliphatic heterocycles. The van der Waals surface area contributed by atoms with Crippen molar-refractivity contribution in [2.24, 2.45) is 0 Å². The summed E-state index contributed by atoms with van der Waals surface area (Å²) in [6, 6.07) is 5.14. The maximum Gasteiger partial charge on any atom is 0.235 e. The second-order valence-electron chi connectivity index (χ2n) is 6.81. The van der Waals surface area contributed by atoms with E-state index in [0.717, 1.165) is 18.4 Å². The predicted octanol–water partition coefficient (Wildman–Crippen LogP) is 3.28. The van der Waals surface area contributed by atoms with E-state index in [0.29, 0.717) is 41.3 Å². The van der Waals surface area contributed by atoms with E-state index in [2.05, 4.69) is 15.0 Å². The van der Waals surface area contributed by atoms with Gasteiger partial charge < -0.3 is 25.1 Å². The van der Waals surface area contributed by atoms with Gasteiger partial charge >= 0.3 is 0 Å². The molecule has 0 atom stereocenters. The quantitative estimate of drug-likeness (QED) is 0.707. The van der Waals surface area contributed by atoms with E-state index >= 15 is 0 Å². The molecule has 146 valence electrons. The van der Waals surface area contributed by atoms with Crippen LogP contribution in [0.1, 0.15) is 24.0 Å². The Bertz CT molecular complexity index is 1020. The third-order valence-corrected chi connectivity index (χ3v) is 4.82. The molecular formula is C20H22N4O4. The Labute approximate surface area is 162 Å². The van der Waals surface area contributed by atoms with Crippen LogP contribution in [-0.2, 0) is 4.74 Å². The Morgan fingerprint density at radius 3 is 2.75 bits per heavy atom. The molecule has 0 saturated carbocycles. The number of benzene rings is 1. The summed E-state index contributed by atoms with van der Waals surface area (Å²) < 4.78 is 17.5. The Morgan fingerprint density at radius 2 is 1.96 bits per heavy atom. The van der Waals surface area contributed by atoms with Crippen LogP contribution in [0.4, 0.5) is 5.82 Å². The fraction of sp³-hybridized carbons (Fsp3) is 0.350. The second-order valence-corrected chi connectivity index (χ2v) is 6.81. The maximum atomic E-state index is 10.1. The first kappa shape index (κ1) is 18.2. The zero-order valence-electron chi connectivity index (χ0n) is 15.8. The topological polar surface area (TPSA) is 113 Å². The van der Waals surface area contributed by atoms with E-state index in [1.54, 1.807) is 25.1 Å². The summed E-state index contributed by atoms with van der Waals surface area (Å²) >= 11 is 0. The number of aromatic hydroxyl groups is 1. The molecule has 1 fully saturated rings. The Hall–Kier alpha value is -3.13. The summed E-state index contributed by atoms with van der Waals surface area (Å²) in [5.41, 5.74) is 8.12. The number of aryl methyl sites for hydroxylation is 1. The van der Waals surface area contributed by atoms with Crippen molar-refractivity contribution in [1.82, 2.24) is 15.0 Å². The smallest absolute Gasteiger partial charge is 0.235 e. The van der Waals surface area contributed by atoms with E-state index in [-0.39, 0.29) is 23.6 Å². The summed E-state index contributed by atoms with van der Waals surface area (Å²) in [6.45, 7) is 5.01. The molecule has 3 heterocycles. The van der Waals surface area contributed by atoms with Gasteiger partial charge in [-0.1, -0.05) is 6.07 Å². The van der Waals surface area contributed by atoms with Gasteiger partial charge in [-0.2, -0.15) is 4.98 Å². The molecule has 0 radical (unpaired) electrons. The standard InChI is InChI=1S/C20H22N4O4/c1-11-3-4-15(25)12(2)18(11)28-20-17-14(22-10-23-19(17)21)9-16(24-20)27-13-5-7-26-8-6-13/h3-4,9-10,13,25H,5-8H2,1-2H3,(H2,21,22,23). The maximum absolute atomic E-state index is 10.1. The van der Waals surface area contributed by atoms with Crippen molar-refractivity contribution in [1.29, 1.82) is 0 Å². The first-order valence-corrected chi connectivity index (χ1v) is 9.15. The summed E-state index contributed by atoms with van der Waals surface area (Å²) in [4.78, 5) is 12.9. The fourth-order valence-corrected chi connectivity index (χ4v) is 3.22. The average Bonchev–Trinajstić information content (AvgIpc) is 2.69.